The van der Waals surface area contributed by atoms with E-state index in [1.54, 1.807) is 60.9 Å². The molecule has 3 rings (SSSR count). The highest BCUT2D eigenvalue weighted by molar-refractivity contribution is 6.00. The summed E-state index contributed by atoms with van der Waals surface area (Å²) in [7, 11) is 0. The van der Waals surface area contributed by atoms with Gasteiger partial charge in [-0.3, -0.25) is 9.59 Å². The maximum atomic E-state index is 12.6. The van der Waals surface area contributed by atoms with Crippen molar-refractivity contribution in [3.05, 3.63) is 83.8 Å². The molecule has 30 heavy (non-hydrogen) atoms. The number of benzene rings is 2. The SMILES string of the molecule is CC(=O)c1ccc(NC(=O)C(C)OC(=O)c2ccccc2NCc2ccco2)cc1. The number of Topliss-reactive ketones (excluding diaryl/α,β-unsaturated/α-hetero) is 1. The molecule has 2 N–H and O–H groups in total. The Labute approximate surface area is 174 Å². The summed E-state index contributed by atoms with van der Waals surface area (Å²) < 4.78 is 10.6. The van der Waals surface area contributed by atoms with Gasteiger partial charge < -0.3 is 19.8 Å². The first-order chi connectivity index (χ1) is 14.4. The zero-order valence-corrected chi connectivity index (χ0v) is 16.7. The van der Waals surface area contributed by atoms with Crippen molar-refractivity contribution in [1.29, 1.82) is 0 Å². The second-order valence-electron chi connectivity index (χ2n) is 6.65. The van der Waals surface area contributed by atoms with Crippen molar-refractivity contribution < 1.29 is 23.5 Å². The van der Waals surface area contributed by atoms with Gasteiger partial charge in [0.05, 0.1) is 18.4 Å². The van der Waals surface area contributed by atoms with Crippen LogP contribution in [0.5, 0.6) is 0 Å². The molecule has 3 aromatic rings. The van der Waals surface area contributed by atoms with Crippen LogP contribution in [0.1, 0.15) is 40.3 Å². The number of carbonyl (C=O) groups is 3. The van der Waals surface area contributed by atoms with Gasteiger partial charge in [0.1, 0.15) is 5.76 Å². The number of ether oxygens (including phenoxy) is 1. The highest BCUT2D eigenvalue weighted by Crippen LogP contribution is 2.19. The van der Waals surface area contributed by atoms with Gasteiger partial charge in [-0.1, -0.05) is 12.1 Å². The maximum absolute atomic E-state index is 12.6. The molecule has 1 amide bonds. The predicted octanol–water partition coefficient (Wildman–Crippen LogP) is 4.28. The minimum atomic E-state index is -1.01. The Morgan fingerprint density at radius 1 is 1.00 bits per heavy atom. The molecule has 7 nitrogen and oxygen atoms in total. The number of hydrogen-bond donors (Lipinski definition) is 2. The largest absolute Gasteiger partial charge is 0.467 e. The Kier molecular flexibility index (Phi) is 6.64. The topological polar surface area (TPSA) is 97.6 Å². The zero-order chi connectivity index (χ0) is 21.5. The number of nitrogens with one attached hydrogen (secondary N) is 2. The van der Waals surface area contributed by atoms with E-state index in [1.807, 2.05) is 6.07 Å². The van der Waals surface area contributed by atoms with Crippen LogP contribution in [0, 0.1) is 0 Å². The smallest absolute Gasteiger partial charge is 0.341 e. The first-order valence-electron chi connectivity index (χ1n) is 9.42. The first kappa shape index (κ1) is 20.9. The Morgan fingerprint density at radius 3 is 2.40 bits per heavy atom. The normalized spacial score (nSPS) is 11.4. The molecule has 0 bridgehead atoms. The lowest BCUT2D eigenvalue weighted by Gasteiger charge is -2.15. The van der Waals surface area contributed by atoms with Gasteiger partial charge in [0, 0.05) is 16.9 Å². The van der Waals surface area contributed by atoms with Crippen molar-refractivity contribution >= 4 is 29.0 Å². The number of amides is 1. The molecule has 0 aliphatic rings. The van der Waals surface area contributed by atoms with Crippen LogP contribution in [0.2, 0.25) is 0 Å². The number of anilines is 2. The summed E-state index contributed by atoms with van der Waals surface area (Å²) in [6, 6.07) is 17.0. The van der Waals surface area contributed by atoms with E-state index in [4.69, 9.17) is 9.15 Å². The fourth-order valence-electron chi connectivity index (χ4n) is 2.72. The molecule has 0 radical (unpaired) electrons. The molecular formula is C23H22N2O5. The summed E-state index contributed by atoms with van der Waals surface area (Å²) in [6.07, 6.45) is 0.564. The molecule has 1 aromatic heterocycles. The third kappa shape index (κ3) is 5.35. The van der Waals surface area contributed by atoms with Gasteiger partial charge in [-0.2, -0.15) is 0 Å². The van der Waals surface area contributed by atoms with Crippen LogP contribution >= 0.6 is 0 Å². The van der Waals surface area contributed by atoms with Crippen LogP contribution in [0.4, 0.5) is 11.4 Å². The van der Waals surface area contributed by atoms with E-state index in [0.29, 0.717) is 29.0 Å². The Morgan fingerprint density at radius 2 is 1.73 bits per heavy atom. The minimum absolute atomic E-state index is 0.0607. The summed E-state index contributed by atoms with van der Waals surface area (Å²) in [5.41, 5.74) is 1.94. The average molecular weight is 406 g/mol. The molecule has 0 fully saturated rings. The van der Waals surface area contributed by atoms with Gasteiger partial charge >= 0.3 is 5.97 Å². The van der Waals surface area contributed by atoms with Gasteiger partial charge in [-0.25, -0.2) is 4.79 Å². The molecule has 2 aromatic carbocycles. The Bertz CT molecular complexity index is 1030. The van der Waals surface area contributed by atoms with Gasteiger partial charge in [0.25, 0.3) is 5.91 Å². The lowest BCUT2D eigenvalue weighted by atomic mass is 10.1. The summed E-state index contributed by atoms with van der Waals surface area (Å²) in [6.45, 7) is 3.37. The van der Waals surface area contributed by atoms with Gasteiger partial charge in [0.15, 0.2) is 11.9 Å². The number of esters is 1. The van der Waals surface area contributed by atoms with Crippen molar-refractivity contribution in [3.8, 4) is 0 Å². The highest BCUT2D eigenvalue weighted by Gasteiger charge is 2.21. The van der Waals surface area contributed by atoms with E-state index < -0.39 is 18.0 Å². The van der Waals surface area contributed by atoms with Crippen LogP contribution in [-0.2, 0) is 16.1 Å². The molecule has 1 atom stereocenters. The second kappa shape index (κ2) is 9.56. The van der Waals surface area contributed by atoms with Crippen LogP contribution in [0.25, 0.3) is 0 Å². The van der Waals surface area contributed by atoms with Crippen molar-refractivity contribution in [2.45, 2.75) is 26.5 Å². The molecule has 0 saturated heterocycles. The number of ketones is 1. The number of furan rings is 1. The molecule has 154 valence electrons. The molecule has 0 aliphatic heterocycles. The highest BCUT2D eigenvalue weighted by atomic mass is 16.5. The van der Waals surface area contributed by atoms with E-state index >= 15 is 0 Å². The summed E-state index contributed by atoms with van der Waals surface area (Å²) in [5, 5.41) is 5.80. The molecule has 0 spiro atoms. The number of rotatable bonds is 8. The van der Waals surface area contributed by atoms with E-state index in [-0.39, 0.29) is 5.78 Å². The van der Waals surface area contributed by atoms with Crippen molar-refractivity contribution in [1.82, 2.24) is 0 Å². The van der Waals surface area contributed by atoms with Crippen LogP contribution in [0.15, 0.2) is 71.3 Å². The lowest BCUT2D eigenvalue weighted by Crippen LogP contribution is -2.30. The van der Waals surface area contributed by atoms with E-state index in [0.717, 1.165) is 5.76 Å². The van der Waals surface area contributed by atoms with Crippen LogP contribution in [0.3, 0.4) is 0 Å². The van der Waals surface area contributed by atoms with E-state index in [1.165, 1.54) is 13.8 Å². The standard InChI is InChI=1S/C23H22N2O5/c1-15(26)17-9-11-18(12-10-17)25-22(27)16(2)30-23(28)20-7-3-4-8-21(20)24-14-19-6-5-13-29-19/h3-13,16,24H,14H2,1-2H3,(H,25,27). The third-order valence-corrected chi connectivity index (χ3v) is 4.39. The Balaban J connectivity index is 1.60. The fourth-order valence-corrected chi connectivity index (χ4v) is 2.72. The monoisotopic (exact) mass is 406 g/mol. The minimum Gasteiger partial charge on any atom is -0.467 e. The van der Waals surface area contributed by atoms with E-state index in [2.05, 4.69) is 10.6 Å². The first-order valence-corrected chi connectivity index (χ1v) is 9.42. The Hall–Kier alpha value is -3.87. The zero-order valence-electron chi connectivity index (χ0n) is 16.7. The van der Waals surface area contributed by atoms with Gasteiger partial charge in [-0.15, -0.1) is 0 Å². The quantitative estimate of drug-likeness (QED) is 0.428. The summed E-state index contributed by atoms with van der Waals surface area (Å²) >= 11 is 0. The molecule has 1 unspecified atom stereocenters. The number of carbonyl (C=O) groups excluding carboxylic acids is 3. The predicted molar refractivity (Wildman–Crippen MR) is 112 cm³/mol. The summed E-state index contributed by atoms with van der Waals surface area (Å²) in [4.78, 5) is 36.3. The molecule has 7 heteroatoms. The maximum Gasteiger partial charge on any atom is 0.341 e. The molecule has 0 aliphatic carbocycles. The van der Waals surface area contributed by atoms with Crippen molar-refractivity contribution in [2.24, 2.45) is 0 Å². The molecular weight excluding hydrogens is 384 g/mol. The number of para-hydroxylation sites is 1. The van der Waals surface area contributed by atoms with Gasteiger partial charge in [0.2, 0.25) is 0 Å². The summed E-state index contributed by atoms with van der Waals surface area (Å²) in [5.74, 6) is -0.428. The van der Waals surface area contributed by atoms with Gasteiger partial charge in [-0.05, 0) is 62.4 Å². The van der Waals surface area contributed by atoms with Crippen LogP contribution < -0.4 is 10.6 Å². The number of hydrogen-bond acceptors (Lipinski definition) is 6. The molecule has 1 heterocycles. The third-order valence-electron chi connectivity index (χ3n) is 4.39. The lowest BCUT2D eigenvalue weighted by molar-refractivity contribution is -0.123. The van der Waals surface area contributed by atoms with Crippen molar-refractivity contribution in [2.75, 3.05) is 10.6 Å². The average Bonchev–Trinajstić information content (AvgIpc) is 3.26. The fraction of sp³-hybridized carbons (Fsp3) is 0.174. The molecule has 0 saturated carbocycles. The van der Waals surface area contributed by atoms with Crippen LogP contribution in [-0.4, -0.2) is 23.8 Å². The second-order valence-corrected chi connectivity index (χ2v) is 6.65. The van der Waals surface area contributed by atoms with E-state index in [9.17, 15) is 14.4 Å². The van der Waals surface area contributed by atoms with Crippen molar-refractivity contribution in [3.63, 3.8) is 0 Å².